The highest BCUT2D eigenvalue weighted by Crippen LogP contribution is 2.41. The lowest BCUT2D eigenvalue weighted by Crippen LogP contribution is -3.11. The number of carbonyl (C=O) groups excluding carboxylic acids is 1. The molecule has 5 rings (SSSR count). The number of rotatable bonds is 6. The number of alkyl halides is 3. The van der Waals surface area contributed by atoms with E-state index in [4.69, 9.17) is 13.9 Å². The van der Waals surface area contributed by atoms with Crippen molar-refractivity contribution < 1.29 is 41.1 Å². The third kappa shape index (κ3) is 6.44. The van der Waals surface area contributed by atoms with Gasteiger partial charge in [-0.05, 0) is 98.7 Å². The Bertz CT molecular complexity index is 1740. The molecule has 10 heteroatoms. The fourth-order valence-corrected chi connectivity index (χ4v) is 5.38. The number of likely N-dealkylation sites (tertiary alicyclic amines) is 1. The Morgan fingerprint density at radius 1 is 1.00 bits per heavy atom. The van der Waals surface area contributed by atoms with Gasteiger partial charge in [0.05, 0.1) is 29.6 Å². The summed E-state index contributed by atoms with van der Waals surface area (Å²) in [5.74, 6) is -3.32. The molecule has 0 bridgehead atoms. The Labute approximate surface area is 245 Å². The summed E-state index contributed by atoms with van der Waals surface area (Å²) >= 11 is 0. The summed E-state index contributed by atoms with van der Waals surface area (Å²) in [5, 5.41) is -0.133. The van der Waals surface area contributed by atoms with Gasteiger partial charge in [-0.25, -0.2) is 9.18 Å². The smallest absolute Gasteiger partial charge is 0.449 e. The Morgan fingerprint density at radius 2 is 1.67 bits per heavy atom. The Kier molecular flexibility index (Phi) is 8.34. The molecule has 0 spiro atoms. The number of hydrogen-bond donors (Lipinski definition) is 1. The summed E-state index contributed by atoms with van der Waals surface area (Å²) in [5.41, 5.74) is 1.04. The summed E-state index contributed by atoms with van der Waals surface area (Å²) in [4.78, 5) is 27.7. The molecule has 6 nitrogen and oxygen atoms in total. The van der Waals surface area contributed by atoms with Crippen LogP contribution in [0, 0.1) is 32.5 Å². The minimum absolute atomic E-state index is 0.0388. The van der Waals surface area contributed by atoms with Crippen molar-refractivity contribution in [2.45, 2.75) is 53.3 Å². The second-order valence-corrected chi connectivity index (χ2v) is 11.3. The molecular formula is C33H32F4NO5+. The Hall–Kier alpha value is -4.18. The van der Waals surface area contributed by atoms with Crippen LogP contribution in [0.4, 0.5) is 17.6 Å². The minimum Gasteiger partial charge on any atom is -0.449 e. The zero-order chi connectivity index (χ0) is 31.1. The van der Waals surface area contributed by atoms with Gasteiger partial charge in [-0.15, -0.1) is 0 Å². The van der Waals surface area contributed by atoms with Crippen LogP contribution in [-0.2, 0) is 12.7 Å². The number of hydrogen-bond acceptors (Lipinski definition) is 5. The van der Waals surface area contributed by atoms with E-state index in [-0.39, 0.29) is 40.1 Å². The molecule has 1 N–H and O–H groups in total. The average Bonchev–Trinajstić information content (AvgIpc) is 2.94. The number of fused-ring (bicyclic) bond motifs is 1. The van der Waals surface area contributed by atoms with E-state index >= 15 is 0 Å². The highest BCUT2D eigenvalue weighted by molar-refractivity contribution is 5.92. The van der Waals surface area contributed by atoms with Gasteiger partial charge in [-0.2, -0.15) is 13.2 Å². The predicted octanol–water partition coefficient (Wildman–Crippen LogP) is 6.70. The van der Waals surface area contributed by atoms with Gasteiger partial charge in [0.25, 0.3) is 5.76 Å². The molecule has 1 aliphatic rings. The first-order chi connectivity index (χ1) is 20.3. The van der Waals surface area contributed by atoms with Crippen molar-refractivity contribution in [3.8, 4) is 17.2 Å². The largest absolute Gasteiger partial charge is 0.453 e. The van der Waals surface area contributed by atoms with Crippen molar-refractivity contribution in [3.63, 3.8) is 0 Å². The quantitative estimate of drug-likeness (QED) is 0.152. The van der Waals surface area contributed by atoms with Crippen LogP contribution in [0.5, 0.6) is 17.2 Å². The molecular weight excluding hydrogens is 566 g/mol. The molecule has 0 atom stereocenters. The van der Waals surface area contributed by atoms with Crippen LogP contribution in [0.25, 0.3) is 11.0 Å². The Balaban J connectivity index is 1.67. The maximum Gasteiger partial charge on any atom is 0.453 e. The highest BCUT2D eigenvalue weighted by atomic mass is 19.4. The standard InChI is InChI=1S/C33H31F4NO5/c1-18-11-13-38(14-12-18)17-25-26(42-32(40)22-5-7-23(34)8-6-22)10-9-24-28(39)30(31(33(35,36)37)43-29(24)25)41-27-16-19(2)15-20(3)21(27)4/h5-10,15-16,18H,11-14,17H2,1-4H3/p+1. The van der Waals surface area contributed by atoms with Gasteiger partial charge in [0, 0.05) is 0 Å². The predicted molar refractivity (Wildman–Crippen MR) is 152 cm³/mol. The number of halogens is 4. The molecule has 2 heterocycles. The van der Waals surface area contributed by atoms with Crippen LogP contribution in [0.3, 0.4) is 0 Å². The Morgan fingerprint density at radius 3 is 2.33 bits per heavy atom. The molecule has 0 radical (unpaired) electrons. The van der Waals surface area contributed by atoms with Crippen molar-refractivity contribution >= 4 is 16.9 Å². The first-order valence-corrected chi connectivity index (χ1v) is 14.1. The summed E-state index contributed by atoms with van der Waals surface area (Å²) < 4.78 is 73.7. The van der Waals surface area contributed by atoms with Crippen LogP contribution < -0.4 is 19.8 Å². The van der Waals surface area contributed by atoms with Gasteiger partial charge in [0.15, 0.2) is 5.58 Å². The van der Waals surface area contributed by atoms with Crippen molar-refractivity contribution in [1.29, 1.82) is 0 Å². The number of nitrogens with one attached hydrogen (secondary N) is 1. The third-order valence-electron chi connectivity index (χ3n) is 8.00. The maximum atomic E-state index is 14.5. The average molecular weight is 599 g/mol. The maximum absolute atomic E-state index is 14.5. The lowest BCUT2D eigenvalue weighted by Gasteiger charge is -2.28. The van der Waals surface area contributed by atoms with Crippen LogP contribution >= 0.6 is 0 Å². The van der Waals surface area contributed by atoms with E-state index < -0.39 is 34.9 Å². The first kappa shape index (κ1) is 30.3. The molecule has 0 unspecified atom stereocenters. The summed E-state index contributed by atoms with van der Waals surface area (Å²) in [6, 6.07) is 10.8. The zero-order valence-corrected chi connectivity index (χ0v) is 24.3. The van der Waals surface area contributed by atoms with Crippen molar-refractivity contribution in [2.75, 3.05) is 13.1 Å². The molecule has 0 aliphatic carbocycles. The first-order valence-electron chi connectivity index (χ1n) is 14.1. The molecule has 1 aromatic heterocycles. The number of quaternary nitrogens is 1. The van der Waals surface area contributed by atoms with E-state index in [1.807, 2.05) is 6.07 Å². The number of aryl methyl sites for hydroxylation is 2. The number of carbonyl (C=O) groups is 1. The molecule has 0 amide bonds. The van der Waals surface area contributed by atoms with E-state index in [0.717, 1.165) is 54.1 Å². The molecule has 4 aromatic rings. The number of benzene rings is 3. The molecule has 3 aromatic carbocycles. The van der Waals surface area contributed by atoms with Crippen molar-refractivity contribution in [2.24, 2.45) is 5.92 Å². The van der Waals surface area contributed by atoms with Gasteiger partial charge in [-0.1, -0.05) is 13.0 Å². The molecule has 1 aliphatic heterocycles. The molecule has 0 saturated carbocycles. The van der Waals surface area contributed by atoms with E-state index in [0.29, 0.717) is 11.5 Å². The lowest BCUT2D eigenvalue weighted by atomic mass is 9.98. The summed E-state index contributed by atoms with van der Waals surface area (Å²) in [7, 11) is 0. The minimum atomic E-state index is -5.07. The lowest BCUT2D eigenvalue weighted by molar-refractivity contribution is -0.919. The zero-order valence-electron chi connectivity index (χ0n) is 24.3. The number of esters is 1. The van der Waals surface area contributed by atoms with Crippen LogP contribution in [0.1, 0.15) is 58.1 Å². The third-order valence-corrected chi connectivity index (χ3v) is 8.00. The van der Waals surface area contributed by atoms with E-state index in [9.17, 15) is 27.2 Å². The molecule has 43 heavy (non-hydrogen) atoms. The summed E-state index contributed by atoms with van der Waals surface area (Å²) in [6.45, 7) is 9.05. The topological polar surface area (TPSA) is 70.2 Å². The van der Waals surface area contributed by atoms with E-state index in [2.05, 4.69) is 6.92 Å². The number of ether oxygens (including phenoxy) is 2. The van der Waals surface area contributed by atoms with E-state index in [1.165, 1.54) is 24.3 Å². The van der Waals surface area contributed by atoms with Gasteiger partial charge < -0.3 is 18.8 Å². The van der Waals surface area contributed by atoms with Gasteiger partial charge in [0.2, 0.25) is 11.2 Å². The second-order valence-electron chi connectivity index (χ2n) is 11.3. The molecule has 226 valence electrons. The highest BCUT2D eigenvalue weighted by Gasteiger charge is 2.41. The second kappa shape index (κ2) is 11.8. The van der Waals surface area contributed by atoms with Crippen molar-refractivity contribution in [1.82, 2.24) is 0 Å². The monoisotopic (exact) mass is 598 g/mol. The van der Waals surface area contributed by atoms with Crippen LogP contribution in [-0.4, -0.2) is 19.1 Å². The van der Waals surface area contributed by atoms with Gasteiger partial charge >= 0.3 is 12.1 Å². The van der Waals surface area contributed by atoms with Gasteiger partial charge in [-0.3, -0.25) is 4.79 Å². The SMILES string of the molecule is Cc1cc(C)c(C)c(Oc2c(C(F)(F)F)oc3c(C[NH+]4CCC(C)CC4)c(OC(=O)c4ccc(F)cc4)ccc3c2=O)c1. The fourth-order valence-electron chi connectivity index (χ4n) is 5.38. The molecule has 1 fully saturated rings. The van der Waals surface area contributed by atoms with Crippen LogP contribution in [0.15, 0.2) is 57.7 Å². The fraction of sp³-hybridized carbons (Fsp3) is 0.333. The normalized spacial score (nSPS) is 17.2. The van der Waals surface area contributed by atoms with E-state index in [1.54, 1.807) is 26.8 Å². The molecule has 1 saturated heterocycles. The van der Waals surface area contributed by atoms with Crippen molar-refractivity contribution in [3.05, 3.63) is 98.1 Å². The summed E-state index contributed by atoms with van der Waals surface area (Å²) in [6.07, 6.45) is -3.24. The van der Waals surface area contributed by atoms with Crippen LogP contribution in [0.2, 0.25) is 0 Å². The number of piperidine rings is 1. The van der Waals surface area contributed by atoms with Gasteiger partial charge in [0.1, 0.15) is 23.9 Å².